The van der Waals surface area contributed by atoms with Gasteiger partial charge in [-0.25, -0.2) is 9.18 Å². The van der Waals surface area contributed by atoms with Crippen LogP contribution in [0, 0.1) is 5.82 Å². The van der Waals surface area contributed by atoms with Crippen LogP contribution in [-0.4, -0.2) is 20.6 Å². The van der Waals surface area contributed by atoms with E-state index in [1.807, 2.05) is 24.4 Å². The first-order valence-electron chi connectivity index (χ1n) is 6.77. The molecule has 22 heavy (non-hydrogen) atoms. The highest BCUT2D eigenvalue weighted by molar-refractivity contribution is 5.89. The number of para-hydroxylation sites is 1. The second-order valence-corrected chi connectivity index (χ2v) is 4.79. The van der Waals surface area contributed by atoms with Crippen molar-refractivity contribution in [1.82, 2.24) is 19.9 Å². The monoisotopic (exact) mass is 299 g/mol. The van der Waals surface area contributed by atoms with Crippen LogP contribution in [0.2, 0.25) is 0 Å². The normalized spacial score (nSPS) is 12.1. The fourth-order valence-corrected chi connectivity index (χ4v) is 2.14. The molecule has 0 spiro atoms. The van der Waals surface area contributed by atoms with Gasteiger partial charge in [0.2, 0.25) is 0 Å². The van der Waals surface area contributed by atoms with E-state index in [9.17, 15) is 9.18 Å². The van der Waals surface area contributed by atoms with Crippen molar-refractivity contribution < 1.29 is 9.18 Å². The molecule has 0 saturated heterocycles. The number of hydrogen-bond acceptors (Lipinski definition) is 3. The van der Waals surface area contributed by atoms with Gasteiger partial charge >= 0.3 is 6.03 Å². The van der Waals surface area contributed by atoms with Gasteiger partial charge in [-0.1, -0.05) is 18.2 Å². The lowest BCUT2D eigenvalue weighted by molar-refractivity contribution is 0.248. The zero-order valence-electron chi connectivity index (χ0n) is 11.8. The van der Waals surface area contributed by atoms with Gasteiger partial charge in [0.1, 0.15) is 5.82 Å². The molecule has 0 radical (unpaired) electrons. The van der Waals surface area contributed by atoms with Crippen molar-refractivity contribution >= 4 is 17.4 Å². The Morgan fingerprint density at radius 2 is 1.95 bits per heavy atom. The molecule has 0 fully saturated rings. The molecule has 0 bridgehead atoms. The third-order valence-electron chi connectivity index (χ3n) is 3.20. The van der Waals surface area contributed by atoms with Gasteiger partial charge in [-0.05, 0) is 31.2 Å². The van der Waals surface area contributed by atoms with Crippen LogP contribution in [-0.2, 0) is 0 Å². The van der Waals surface area contributed by atoms with Crippen LogP contribution in [0.15, 0.2) is 48.7 Å². The van der Waals surface area contributed by atoms with Gasteiger partial charge in [-0.2, -0.15) is 0 Å². The number of nitrogens with zero attached hydrogens (tertiary/aromatic N) is 3. The molecule has 0 aliphatic rings. The van der Waals surface area contributed by atoms with Gasteiger partial charge in [0.15, 0.2) is 11.5 Å². The number of amides is 2. The van der Waals surface area contributed by atoms with Crippen LogP contribution >= 0.6 is 0 Å². The standard InChI is InChI=1S/C15H14FN5O/c1-10(14-20-19-13-8-4-5-9-21(13)14)17-15(22)18-12-7-3-2-6-11(12)16/h2-10H,1H3,(H2,17,18,22). The van der Waals surface area contributed by atoms with Gasteiger partial charge < -0.3 is 10.6 Å². The van der Waals surface area contributed by atoms with Gasteiger partial charge in [-0.3, -0.25) is 4.40 Å². The molecule has 2 aromatic heterocycles. The van der Waals surface area contributed by atoms with Crippen molar-refractivity contribution in [2.75, 3.05) is 5.32 Å². The Balaban J connectivity index is 1.73. The molecular formula is C15H14FN5O. The van der Waals surface area contributed by atoms with Crippen molar-refractivity contribution in [1.29, 1.82) is 0 Å². The minimum Gasteiger partial charge on any atom is -0.328 e. The summed E-state index contributed by atoms with van der Waals surface area (Å²) in [6.07, 6.45) is 1.82. The lowest BCUT2D eigenvalue weighted by atomic mass is 10.3. The van der Waals surface area contributed by atoms with Crippen LogP contribution in [0.5, 0.6) is 0 Å². The molecular weight excluding hydrogens is 285 g/mol. The summed E-state index contributed by atoms with van der Waals surface area (Å²) in [5, 5.41) is 13.3. The molecule has 0 saturated carbocycles. The highest BCUT2D eigenvalue weighted by Gasteiger charge is 2.16. The van der Waals surface area contributed by atoms with Crippen molar-refractivity contribution in [3.8, 4) is 0 Å². The Labute approximate surface area is 126 Å². The summed E-state index contributed by atoms with van der Waals surface area (Å²) in [5.74, 6) is 0.109. The average molecular weight is 299 g/mol. The van der Waals surface area contributed by atoms with Gasteiger partial charge in [-0.15, -0.1) is 10.2 Å². The summed E-state index contributed by atoms with van der Waals surface area (Å²) in [6, 6.07) is 10.6. The molecule has 7 heteroatoms. The number of benzene rings is 1. The van der Waals surface area contributed by atoms with E-state index in [4.69, 9.17) is 0 Å². The van der Waals surface area contributed by atoms with E-state index in [-0.39, 0.29) is 11.7 Å². The highest BCUT2D eigenvalue weighted by atomic mass is 19.1. The van der Waals surface area contributed by atoms with Crippen molar-refractivity contribution in [3.05, 3.63) is 60.3 Å². The van der Waals surface area contributed by atoms with Crippen molar-refractivity contribution in [3.63, 3.8) is 0 Å². The molecule has 1 aromatic carbocycles. The van der Waals surface area contributed by atoms with Crippen molar-refractivity contribution in [2.24, 2.45) is 0 Å². The van der Waals surface area contributed by atoms with E-state index in [0.29, 0.717) is 11.5 Å². The Kier molecular flexibility index (Phi) is 3.69. The van der Waals surface area contributed by atoms with Crippen LogP contribution in [0.1, 0.15) is 18.8 Å². The molecule has 0 aliphatic carbocycles. The number of pyridine rings is 1. The Hall–Kier alpha value is -2.96. The smallest absolute Gasteiger partial charge is 0.319 e. The zero-order valence-corrected chi connectivity index (χ0v) is 11.8. The summed E-state index contributed by atoms with van der Waals surface area (Å²) >= 11 is 0. The van der Waals surface area contributed by atoms with Crippen LogP contribution < -0.4 is 10.6 Å². The molecule has 3 aromatic rings. The van der Waals surface area contributed by atoms with E-state index in [1.54, 1.807) is 23.5 Å². The molecule has 2 amide bonds. The topological polar surface area (TPSA) is 71.3 Å². The number of fused-ring (bicyclic) bond motifs is 1. The van der Waals surface area contributed by atoms with E-state index >= 15 is 0 Å². The maximum Gasteiger partial charge on any atom is 0.319 e. The molecule has 2 N–H and O–H groups in total. The molecule has 3 rings (SSSR count). The minimum absolute atomic E-state index is 0.123. The molecule has 2 heterocycles. The first kappa shape index (κ1) is 14.0. The number of carbonyl (C=O) groups is 1. The second-order valence-electron chi connectivity index (χ2n) is 4.79. The van der Waals surface area contributed by atoms with Gasteiger partial charge in [0.05, 0.1) is 11.7 Å². The SMILES string of the molecule is CC(NC(=O)Nc1ccccc1F)c1nnc2ccccn12. The maximum absolute atomic E-state index is 13.5. The summed E-state index contributed by atoms with van der Waals surface area (Å²) < 4.78 is 15.3. The Bertz CT molecular complexity index is 816. The molecule has 112 valence electrons. The average Bonchev–Trinajstić information content (AvgIpc) is 2.93. The largest absolute Gasteiger partial charge is 0.328 e. The lowest BCUT2D eigenvalue weighted by Crippen LogP contribution is -2.32. The highest BCUT2D eigenvalue weighted by Crippen LogP contribution is 2.14. The number of anilines is 1. The van der Waals surface area contributed by atoms with Crippen LogP contribution in [0.4, 0.5) is 14.9 Å². The third kappa shape index (κ3) is 2.73. The Morgan fingerprint density at radius 1 is 1.18 bits per heavy atom. The van der Waals surface area contributed by atoms with Gasteiger partial charge in [0, 0.05) is 6.20 Å². The first-order chi connectivity index (χ1) is 10.6. The summed E-state index contributed by atoms with van der Waals surface area (Å²) in [7, 11) is 0. The third-order valence-corrected chi connectivity index (χ3v) is 3.20. The lowest BCUT2D eigenvalue weighted by Gasteiger charge is -2.13. The van der Waals surface area contributed by atoms with E-state index < -0.39 is 11.8 Å². The van der Waals surface area contributed by atoms with E-state index in [0.717, 1.165) is 0 Å². The fourth-order valence-electron chi connectivity index (χ4n) is 2.14. The molecule has 6 nitrogen and oxygen atoms in total. The number of halogens is 1. The van der Waals surface area contributed by atoms with Crippen LogP contribution in [0.25, 0.3) is 5.65 Å². The Morgan fingerprint density at radius 3 is 2.77 bits per heavy atom. The number of rotatable bonds is 3. The quantitative estimate of drug-likeness (QED) is 0.781. The zero-order chi connectivity index (χ0) is 15.5. The summed E-state index contributed by atoms with van der Waals surface area (Å²) in [6.45, 7) is 1.78. The summed E-state index contributed by atoms with van der Waals surface area (Å²) in [4.78, 5) is 12.0. The number of aromatic nitrogens is 3. The maximum atomic E-state index is 13.5. The molecule has 1 atom stereocenters. The number of urea groups is 1. The van der Waals surface area contributed by atoms with Gasteiger partial charge in [0.25, 0.3) is 0 Å². The first-order valence-corrected chi connectivity index (χ1v) is 6.77. The molecule has 0 aliphatic heterocycles. The minimum atomic E-state index is -0.509. The fraction of sp³-hybridized carbons (Fsp3) is 0.133. The van der Waals surface area contributed by atoms with E-state index in [2.05, 4.69) is 20.8 Å². The molecule has 1 unspecified atom stereocenters. The van der Waals surface area contributed by atoms with E-state index in [1.165, 1.54) is 12.1 Å². The predicted octanol–water partition coefficient (Wildman–Crippen LogP) is 2.75. The van der Waals surface area contributed by atoms with Crippen molar-refractivity contribution in [2.45, 2.75) is 13.0 Å². The number of carbonyl (C=O) groups excluding carboxylic acids is 1. The summed E-state index contributed by atoms with van der Waals surface area (Å²) in [5.41, 5.74) is 0.818. The number of hydrogen-bond donors (Lipinski definition) is 2. The number of nitrogens with one attached hydrogen (secondary N) is 2. The second kappa shape index (κ2) is 5.80. The predicted molar refractivity (Wildman–Crippen MR) is 80.0 cm³/mol. The van der Waals surface area contributed by atoms with Crippen LogP contribution in [0.3, 0.4) is 0 Å².